The second kappa shape index (κ2) is 4.43. The molecule has 1 aromatic carbocycles. The van der Waals surface area contributed by atoms with Gasteiger partial charge in [0.25, 0.3) is 0 Å². The molecule has 0 saturated carbocycles. The zero-order chi connectivity index (χ0) is 8.43. The topological polar surface area (TPSA) is 26.0 Å². The van der Waals surface area contributed by atoms with Crippen LogP contribution in [0.1, 0.15) is 24.1 Å². The maximum Gasteiger partial charge on any atom is 0.123 e. The lowest BCUT2D eigenvalue weighted by atomic mass is 10.0. The van der Waals surface area contributed by atoms with Gasteiger partial charge in [-0.25, -0.2) is 4.39 Å². The fraction of sp³-hybridized carbons (Fsp3) is 0.333. The molecule has 1 atom stereocenters. The van der Waals surface area contributed by atoms with Crippen LogP contribution in [0.5, 0.6) is 0 Å². The highest BCUT2D eigenvalue weighted by Crippen LogP contribution is 2.15. The number of hydrogen-bond acceptors (Lipinski definition) is 1. The number of aryl methyl sites for hydroxylation is 1. The standard InChI is InChI=1S/C9H12FN.ClH/c1-6-3-4-8(10)5-9(6)7(2)11;/h3-5,7H,11H2,1-2H3;1H/t7-;/m0./s1. The summed E-state index contributed by atoms with van der Waals surface area (Å²) in [6.07, 6.45) is 0. The fourth-order valence-electron chi connectivity index (χ4n) is 1.10. The minimum atomic E-state index is -0.220. The van der Waals surface area contributed by atoms with E-state index in [0.717, 1.165) is 11.1 Å². The van der Waals surface area contributed by atoms with Crippen LogP contribution in [0.15, 0.2) is 18.2 Å². The minimum absolute atomic E-state index is 0. The largest absolute Gasteiger partial charge is 0.324 e. The van der Waals surface area contributed by atoms with Crippen LogP contribution in [-0.4, -0.2) is 0 Å². The molecule has 1 rings (SSSR count). The molecule has 0 spiro atoms. The summed E-state index contributed by atoms with van der Waals surface area (Å²) in [5, 5.41) is 0. The van der Waals surface area contributed by atoms with Crippen molar-refractivity contribution in [3.63, 3.8) is 0 Å². The maximum atomic E-state index is 12.7. The highest BCUT2D eigenvalue weighted by atomic mass is 35.5. The highest BCUT2D eigenvalue weighted by Gasteiger charge is 2.03. The normalized spacial score (nSPS) is 12.0. The number of rotatable bonds is 1. The Morgan fingerprint density at radius 2 is 2.00 bits per heavy atom. The summed E-state index contributed by atoms with van der Waals surface area (Å²) < 4.78 is 12.7. The van der Waals surface area contributed by atoms with Gasteiger partial charge in [0.1, 0.15) is 5.82 Å². The number of halogens is 2. The molecule has 12 heavy (non-hydrogen) atoms. The molecule has 2 N–H and O–H groups in total. The Labute approximate surface area is 78.2 Å². The van der Waals surface area contributed by atoms with Gasteiger partial charge in [0.2, 0.25) is 0 Å². The molecular weight excluding hydrogens is 177 g/mol. The van der Waals surface area contributed by atoms with E-state index in [2.05, 4.69) is 0 Å². The lowest BCUT2D eigenvalue weighted by molar-refractivity contribution is 0.621. The molecule has 1 aromatic rings. The summed E-state index contributed by atoms with van der Waals surface area (Å²) in [6, 6.07) is 4.58. The molecular formula is C9H13ClFN. The zero-order valence-corrected chi connectivity index (χ0v) is 7.99. The smallest absolute Gasteiger partial charge is 0.123 e. The first-order valence-electron chi connectivity index (χ1n) is 3.63. The van der Waals surface area contributed by atoms with E-state index >= 15 is 0 Å². The van der Waals surface area contributed by atoms with Gasteiger partial charge in [-0.1, -0.05) is 6.07 Å². The van der Waals surface area contributed by atoms with Gasteiger partial charge in [-0.3, -0.25) is 0 Å². The van der Waals surface area contributed by atoms with Crippen LogP contribution in [0.25, 0.3) is 0 Å². The molecule has 0 aliphatic heterocycles. The van der Waals surface area contributed by atoms with E-state index in [1.165, 1.54) is 12.1 Å². The summed E-state index contributed by atoms with van der Waals surface area (Å²) in [5.41, 5.74) is 7.54. The third-order valence-corrected chi connectivity index (χ3v) is 1.73. The van der Waals surface area contributed by atoms with Crippen LogP contribution >= 0.6 is 12.4 Å². The zero-order valence-electron chi connectivity index (χ0n) is 7.17. The van der Waals surface area contributed by atoms with E-state index < -0.39 is 0 Å². The Morgan fingerprint density at radius 1 is 1.42 bits per heavy atom. The van der Waals surface area contributed by atoms with Crippen molar-refractivity contribution in [1.29, 1.82) is 0 Å². The maximum absolute atomic E-state index is 12.7. The average molecular weight is 190 g/mol. The van der Waals surface area contributed by atoms with Crippen LogP contribution in [0, 0.1) is 12.7 Å². The number of benzene rings is 1. The van der Waals surface area contributed by atoms with Gasteiger partial charge in [0.15, 0.2) is 0 Å². The van der Waals surface area contributed by atoms with E-state index in [1.807, 2.05) is 13.8 Å². The van der Waals surface area contributed by atoms with Gasteiger partial charge in [0.05, 0.1) is 0 Å². The molecule has 0 fully saturated rings. The van der Waals surface area contributed by atoms with Gasteiger partial charge in [-0.05, 0) is 37.1 Å². The molecule has 0 saturated heterocycles. The van der Waals surface area contributed by atoms with Crippen LogP contribution in [0.4, 0.5) is 4.39 Å². The molecule has 0 aliphatic rings. The quantitative estimate of drug-likeness (QED) is 0.722. The van der Waals surface area contributed by atoms with Crippen molar-refractivity contribution in [2.24, 2.45) is 5.73 Å². The molecule has 1 nitrogen and oxygen atoms in total. The monoisotopic (exact) mass is 189 g/mol. The highest BCUT2D eigenvalue weighted by molar-refractivity contribution is 5.85. The molecule has 0 radical (unpaired) electrons. The Kier molecular flexibility index (Phi) is 4.21. The van der Waals surface area contributed by atoms with Crippen molar-refractivity contribution in [2.75, 3.05) is 0 Å². The first-order chi connectivity index (χ1) is 5.11. The number of hydrogen-bond donors (Lipinski definition) is 1. The Balaban J connectivity index is 0.00000121. The van der Waals surface area contributed by atoms with E-state index in [-0.39, 0.29) is 24.3 Å². The Hall–Kier alpha value is -0.600. The molecule has 0 amide bonds. The van der Waals surface area contributed by atoms with Gasteiger partial charge < -0.3 is 5.73 Å². The van der Waals surface area contributed by atoms with E-state index in [9.17, 15) is 4.39 Å². The molecule has 0 unspecified atom stereocenters. The summed E-state index contributed by atoms with van der Waals surface area (Å²) in [6.45, 7) is 3.78. The lowest BCUT2D eigenvalue weighted by Gasteiger charge is -2.08. The van der Waals surface area contributed by atoms with Crippen LogP contribution in [-0.2, 0) is 0 Å². The van der Waals surface area contributed by atoms with Crippen molar-refractivity contribution in [1.82, 2.24) is 0 Å². The van der Waals surface area contributed by atoms with Crippen LogP contribution < -0.4 is 5.73 Å². The third kappa shape index (κ3) is 2.47. The summed E-state index contributed by atoms with van der Waals surface area (Å²) in [5.74, 6) is -0.220. The van der Waals surface area contributed by atoms with Gasteiger partial charge in [-0.15, -0.1) is 12.4 Å². The van der Waals surface area contributed by atoms with Crippen LogP contribution in [0.2, 0.25) is 0 Å². The summed E-state index contributed by atoms with van der Waals surface area (Å²) >= 11 is 0. The fourth-order valence-corrected chi connectivity index (χ4v) is 1.10. The van der Waals surface area contributed by atoms with Crippen molar-refractivity contribution >= 4 is 12.4 Å². The SMILES string of the molecule is Cc1ccc(F)cc1[C@H](C)N.Cl. The van der Waals surface area contributed by atoms with Gasteiger partial charge in [-0.2, -0.15) is 0 Å². The van der Waals surface area contributed by atoms with Gasteiger partial charge in [0, 0.05) is 6.04 Å². The summed E-state index contributed by atoms with van der Waals surface area (Å²) in [7, 11) is 0. The van der Waals surface area contributed by atoms with Gasteiger partial charge >= 0.3 is 0 Å². The first kappa shape index (κ1) is 11.4. The Bertz CT molecular complexity index is 261. The van der Waals surface area contributed by atoms with E-state index in [4.69, 9.17) is 5.73 Å². The van der Waals surface area contributed by atoms with E-state index in [0.29, 0.717) is 0 Å². The van der Waals surface area contributed by atoms with Crippen LogP contribution in [0.3, 0.4) is 0 Å². The first-order valence-corrected chi connectivity index (χ1v) is 3.63. The van der Waals surface area contributed by atoms with Crippen molar-refractivity contribution in [3.8, 4) is 0 Å². The molecule has 0 aliphatic carbocycles. The van der Waals surface area contributed by atoms with Crippen molar-refractivity contribution in [2.45, 2.75) is 19.9 Å². The molecule has 0 heterocycles. The Morgan fingerprint density at radius 3 is 2.42 bits per heavy atom. The molecule has 3 heteroatoms. The predicted octanol–water partition coefficient (Wildman–Crippen LogP) is 2.58. The number of nitrogens with two attached hydrogens (primary N) is 1. The molecule has 0 bridgehead atoms. The second-order valence-electron chi connectivity index (χ2n) is 2.79. The lowest BCUT2D eigenvalue weighted by Crippen LogP contribution is -2.07. The minimum Gasteiger partial charge on any atom is -0.324 e. The second-order valence-corrected chi connectivity index (χ2v) is 2.79. The molecule has 68 valence electrons. The van der Waals surface area contributed by atoms with E-state index in [1.54, 1.807) is 6.07 Å². The third-order valence-electron chi connectivity index (χ3n) is 1.73. The van der Waals surface area contributed by atoms with Crippen molar-refractivity contribution in [3.05, 3.63) is 35.1 Å². The average Bonchev–Trinajstić information content (AvgIpc) is 1.94. The molecule has 0 aromatic heterocycles. The van der Waals surface area contributed by atoms with Crippen molar-refractivity contribution < 1.29 is 4.39 Å². The summed E-state index contributed by atoms with van der Waals surface area (Å²) in [4.78, 5) is 0. The predicted molar refractivity (Wildman–Crippen MR) is 51.0 cm³/mol.